The van der Waals surface area contributed by atoms with E-state index in [1.165, 1.54) is 0 Å². The van der Waals surface area contributed by atoms with Crippen molar-refractivity contribution >= 4 is 5.91 Å². The highest BCUT2D eigenvalue weighted by atomic mass is 16.6. The molecule has 1 aliphatic heterocycles. The summed E-state index contributed by atoms with van der Waals surface area (Å²) in [5.41, 5.74) is 1.76. The van der Waals surface area contributed by atoms with Crippen molar-refractivity contribution in [1.82, 2.24) is 15.0 Å². The van der Waals surface area contributed by atoms with Crippen LogP contribution in [0.3, 0.4) is 0 Å². The fourth-order valence-corrected chi connectivity index (χ4v) is 3.43. The van der Waals surface area contributed by atoms with Gasteiger partial charge in [-0.2, -0.15) is 4.98 Å². The minimum Gasteiger partial charge on any atom is -0.497 e. The zero-order valence-electron chi connectivity index (χ0n) is 17.7. The summed E-state index contributed by atoms with van der Waals surface area (Å²) in [7, 11) is 1.62. The van der Waals surface area contributed by atoms with Crippen molar-refractivity contribution in [1.29, 1.82) is 0 Å². The van der Waals surface area contributed by atoms with E-state index < -0.39 is 0 Å². The number of ether oxygens (including phenoxy) is 3. The number of rotatable bonds is 8. The monoisotopic (exact) mass is 423 g/mol. The van der Waals surface area contributed by atoms with Gasteiger partial charge in [-0.25, -0.2) is 0 Å². The minimum atomic E-state index is 0.0148. The molecule has 0 fully saturated rings. The van der Waals surface area contributed by atoms with Crippen molar-refractivity contribution in [2.75, 3.05) is 26.9 Å². The molecule has 8 nitrogen and oxygen atoms in total. The predicted octanol–water partition coefficient (Wildman–Crippen LogP) is 3.50. The van der Waals surface area contributed by atoms with Crippen molar-refractivity contribution in [3.63, 3.8) is 0 Å². The summed E-state index contributed by atoms with van der Waals surface area (Å²) in [6.45, 7) is 4.06. The van der Waals surface area contributed by atoms with Crippen LogP contribution in [-0.4, -0.2) is 47.8 Å². The van der Waals surface area contributed by atoms with Crippen molar-refractivity contribution in [2.24, 2.45) is 0 Å². The van der Waals surface area contributed by atoms with Gasteiger partial charge in [0.15, 0.2) is 11.5 Å². The quantitative estimate of drug-likeness (QED) is 0.548. The third-order valence-electron chi connectivity index (χ3n) is 5.11. The fraction of sp³-hybridized carbons (Fsp3) is 0.348. The fourth-order valence-electron chi connectivity index (χ4n) is 3.43. The molecule has 1 aliphatic rings. The third kappa shape index (κ3) is 4.79. The van der Waals surface area contributed by atoms with Gasteiger partial charge in [0.25, 0.3) is 0 Å². The summed E-state index contributed by atoms with van der Waals surface area (Å²) in [6, 6.07) is 13.2. The van der Waals surface area contributed by atoms with Crippen LogP contribution in [0.2, 0.25) is 0 Å². The maximum atomic E-state index is 12.8. The number of amides is 1. The Morgan fingerprint density at radius 3 is 2.71 bits per heavy atom. The van der Waals surface area contributed by atoms with Crippen LogP contribution in [0.5, 0.6) is 17.2 Å². The van der Waals surface area contributed by atoms with Gasteiger partial charge in [0, 0.05) is 37.1 Å². The summed E-state index contributed by atoms with van der Waals surface area (Å²) < 4.78 is 21.9. The molecule has 0 saturated carbocycles. The second-order valence-corrected chi connectivity index (χ2v) is 7.09. The van der Waals surface area contributed by atoms with Gasteiger partial charge in [-0.05, 0) is 37.3 Å². The molecule has 3 aromatic rings. The number of fused-ring (bicyclic) bond motifs is 1. The largest absolute Gasteiger partial charge is 0.497 e. The van der Waals surface area contributed by atoms with Crippen LogP contribution >= 0.6 is 0 Å². The molecule has 162 valence electrons. The van der Waals surface area contributed by atoms with Crippen LogP contribution in [0, 0.1) is 0 Å². The summed E-state index contributed by atoms with van der Waals surface area (Å²) in [5.74, 6) is 3.15. The Labute approximate surface area is 180 Å². The number of aryl methyl sites for hydroxylation is 1. The lowest BCUT2D eigenvalue weighted by Gasteiger charge is -2.25. The van der Waals surface area contributed by atoms with Crippen LogP contribution in [0.1, 0.15) is 24.8 Å². The molecule has 0 spiro atoms. The maximum Gasteiger partial charge on any atom is 0.227 e. The Morgan fingerprint density at radius 2 is 1.94 bits per heavy atom. The van der Waals surface area contributed by atoms with Gasteiger partial charge >= 0.3 is 0 Å². The highest BCUT2D eigenvalue weighted by Crippen LogP contribution is 2.34. The Balaban J connectivity index is 1.37. The molecule has 2 heterocycles. The first-order valence-electron chi connectivity index (χ1n) is 10.3. The molecule has 0 radical (unpaired) electrons. The molecule has 0 N–H and O–H groups in total. The SMILES string of the molecule is CCN(Cc1cccc2c1OCCO2)C(=O)CCc1nc(-c2ccc(OC)cc2)no1. The molecule has 4 rings (SSSR count). The van der Waals surface area contributed by atoms with Gasteiger partial charge in [0.05, 0.1) is 7.11 Å². The lowest BCUT2D eigenvalue weighted by molar-refractivity contribution is -0.131. The first-order valence-corrected chi connectivity index (χ1v) is 10.3. The highest BCUT2D eigenvalue weighted by Gasteiger charge is 2.20. The van der Waals surface area contributed by atoms with Gasteiger partial charge in [-0.1, -0.05) is 17.3 Å². The van der Waals surface area contributed by atoms with Crippen LogP contribution in [0.15, 0.2) is 47.0 Å². The van der Waals surface area contributed by atoms with Crippen LogP contribution in [0.4, 0.5) is 0 Å². The summed E-state index contributed by atoms with van der Waals surface area (Å²) >= 11 is 0. The number of methoxy groups -OCH3 is 1. The van der Waals surface area contributed by atoms with E-state index in [9.17, 15) is 4.79 Å². The van der Waals surface area contributed by atoms with Crippen LogP contribution < -0.4 is 14.2 Å². The molecule has 2 aromatic carbocycles. The topological polar surface area (TPSA) is 86.9 Å². The molecular formula is C23H25N3O5. The van der Waals surface area contributed by atoms with Gasteiger partial charge in [0.1, 0.15) is 19.0 Å². The van der Waals surface area contributed by atoms with E-state index in [0.717, 1.165) is 28.4 Å². The number of benzene rings is 2. The molecular weight excluding hydrogens is 398 g/mol. The number of carbonyl (C=O) groups excluding carboxylic acids is 1. The molecule has 8 heteroatoms. The number of carbonyl (C=O) groups is 1. The smallest absolute Gasteiger partial charge is 0.227 e. The molecule has 0 saturated heterocycles. The van der Waals surface area contributed by atoms with Crippen LogP contribution in [0.25, 0.3) is 11.4 Å². The summed E-state index contributed by atoms with van der Waals surface area (Å²) in [5, 5.41) is 4.02. The number of nitrogens with zero attached hydrogens (tertiary/aromatic N) is 3. The lowest BCUT2D eigenvalue weighted by atomic mass is 10.1. The molecule has 1 amide bonds. The van der Waals surface area contributed by atoms with E-state index in [0.29, 0.717) is 44.4 Å². The standard InChI is InChI=1S/C23H25N3O5/c1-3-26(15-17-5-4-6-19-22(17)30-14-13-29-19)21(27)12-11-20-24-23(25-31-20)16-7-9-18(28-2)10-8-16/h4-10H,3,11-15H2,1-2H3. The second kappa shape index (κ2) is 9.51. The average Bonchev–Trinajstić information content (AvgIpc) is 3.30. The minimum absolute atomic E-state index is 0.0148. The Hall–Kier alpha value is -3.55. The molecule has 31 heavy (non-hydrogen) atoms. The second-order valence-electron chi connectivity index (χ2n) is 7.09. The Kier molecular flexibility index (Phi) is 6.35. The van der Waals surface area contributed by atoms with Crippen molar-refractivity contribution in [3.8, 4) is 28.6 Å². The maximum absolute atomic E-state index is 12.8. The third-order valence-corrected chi connectivity index (χ3v) is 5.11. The lowest BCUT2D eigenvalue weighted by Crippen LogP contribution is -2.31. The van der Waals surface area contributed by atoms with Crippen molar-refractivity contribution < 1.29 is 23.5 Å². The van der Waals surface area contributed by atoms with E-state index in [-0.39, 0.29) is 12.3 Å². The van der Waals surface area contributed by atoms with E-state index in [1.807, 2.05) is 49.4 Å². The number of hydrogen-bond acceptors (Lipinski definition) is 7. The van der Waals surface area contributed by atoms with Crippen LogP contribution in [-0.2, 0) is 17.8 Å². The number of aromatic nitrogens is 2. The summed E-state index contributed by atoms with van der Waals surface area (Å²) in [4.78, 5) is 19.0. The van der Waals surface area contributed by atoms with E-state index in [1.54, 1.807) is 12.0 Å². The molecule has 0 bridgehead atoms. The average molecular weight is 423 g/mol. The first kappa shape index (κ1) is 20.7. The Bertz CT molecular complexity index is 1030. The zero-order chi connectivity index (χ0) is 21.6. The van der Waals surface area contributed by atoms with Crippen molar-refractivity contribution in [2.45, 2.75) is 26.3 Å². The van der Waals surface area contributed by atoms with Crippen molar-refractivity contribution in [3.05, 3.63) is 53.9 Å². The zero-order valence-corrected chi connectivity index (χ0v) is 17.7. The van der Waals surface area contributed by atoms with E-state index in [2.05, 4.69) is 10.1 Å². The normalized spacial score (nSPS) is 12.5. The number of hydrogen-bond donors (Lipinski definition) is 0. The molecule has 1 aromatic heterocycles. The van der Waals surface area contributed by atoms with Gasteiger partial charge < -0.3 is 23.6 Å². The van der Waals surface area contributed by atoms with E-state index in [4.69, 9.17) is 18.7 Å². The Morgan fingerprint density at radius 1 is 1.13 bits per heavy atom. The van der Waals surface area contributed by atoms with Gasteiger partial charge in [0.2, 0.25) is 17.6 Å². The summed E-state index contributed by atoms with van der Waals surface area (Å²) in [6.07, 6.45) is 0.662. The highest BCUT2D eigenvalue weighted by molar-refractivity contribution is 5.76. The first-order chi connectivity index (χ1) is 15.2. The van der Waals surface area contributed by atoms with E-state index >= 15 is 0 Å². The van der Waals surface area contributed by atoms with Gasteiger partial charge in [-0.15, -0.1) is 0 Å². The predicted molar refractivity (Wildman–Crippen MR) is 113 cm³/mol. The van der Waals surface area contributed by atoms with Gasteiger partial charge in [-0.3, -0.25) is 4.79 Å². The molecule has 0 aliphatic carbocycles. The number of para-hydroxylation sites is 1. The molecule has 0 atom stereocenters. The molecule has 0 unspecified atom stereocenters.